The normalized spacial score (nSPS) is 36.7. The van der Waals surface area contributed by atoms with E-state index in [9.17, 15) is 4.21 Å². The van der Waals surface area contributed by atoms with Gasteiger partial charge in [0.15, 0.2) is 8.32 Å². The summed E-state index contributed by atoms with van der Waals surface area (Å²) in [6.45, 7) is 11.4. The Morgan fingerprint density at radius 2 is 2.06 bits per heavy atom. The maximum absolute atomic E-state index is 12.3. The fraction of sp³-hybridized carbons (Fsp3) is 0.857. The average molecular weight is 287 g/mol. The number of hydrogen-bond acceptors (Lipinski definition) is 2. The van der Waals surface area contributed by atoms with Crippen molar-refractivity contribution in [2.24, 2.45) is 0 Å². The molecule has 0 amide bonds. The first kappa shape index (κ1) is 14.5. The van der Waals surface area contributed by atoms with Crippen LogP contribution in [0, 0.1) is 0 Å². The number of hydrogen-bond donors (Lipinski definition) is 0. The lowest BCUT2D eigenvalue weighted by Crippen LogP contribution is -2.50. The maximum atomic E-state index is 12.3. The van der Waals surface area contributed by atoms with E-state index in [0.29, 0.717) is 0 Å². The first-order valence-electron chi connectivity index (χ1n) is 6.94. The van der Waals surface area contributed by atoms with E-state index < -0.39 is 19.1 Å². The van der Waals surface area contributed by atoms with Crippen molar-refractivity contribution in [3.63, 3.8) is 0 Å². The molecular formula is C14H26O2SSi. The van der Waals surface area contributed by atoms with Gasteiger partial charge in [0.2, 0.25) is 0 Å². The molecule has 104 valence electrons. The smallest absolute Gasteiger partial charge is 0.192 e. The first-order chi connectivity index (χ1) is 8.19. The van der Waals surface area contributed by atoms with Crippen molar-refractivity contribution < 1.29 is 8.63 Å². The zero-order chi connectivity index (χ0) is 13.6. The summed E-state index contributed by atoms with van der Waals surface area (Å²) in [6.07, 6.45) is 6.54. The minimum absolute atomic E-state index is 0.0878. The van der Waals surface area contributed by atoms with Crippen molar-refractivity contribution in [3.05, 3.63) is 11.5 Å². The van der Waals surface area contributed by atoms with E-state index in [1.165, 1.54) is 0 Å². The van der Waals surface area contributed by atoms with Crippen molar-refractivity contribution in [1.82, 2.24) is 0 Å². The number of allylic oxidation sites excluding steroid dienone is 1. The second-order valence-electron chi connectivity index (χ2n) is 7.20. The molecule has 18 heavy (non-hydrogen) atoms. The van der Waals surface area contributed by atoms with Gasteiger partial charge in [0.1, 0.15) is 0 Å². The lowest BCUT2D eigenvalue weighted by atomic mass is 10.0. The molecule has 2 rings (SSSR count). The molecule has 4 heteroatoms. The summed E-state index contributed by atoms with van der Waals surface area (Å²) >= 11 is 0. The molecule has 0 radical (unpaired) electrons. The van der Waals surface area contributed by atoms with Crippen molar-refractivity contribution in [2.75, 3.05) is 0 Å². The molecule has 0 aromatic heterocycles. The molecule has 2 nitrogen and oxygen atoms in total. The summed E-state index contributed by atoms with van der Waals surface area (Å²) in [5, 5.41) is 2.11. The van der Waals surface area contributed by atoms with Gasteiger partial charge in [0.25, 0.3) is 0 Å². The van der Waals surface area contributed by atoms with Crippen molar-refractivity contribution in [1.29, 1.82) is 0 Å². The standard InChI is InChI=1S/C14H26O2SSi/c1-13(2,3)18(4,5)16-12-8-6-9-14(12)10-7-11-17(14)15/h7,11-12H,6,8-10H2,1-5H3/t12-,14?,17?/m1/s1. The molecule has 1 fully saturated rings. The topological polar surface area (TPSA) is 26.3 Å². The molecule has 0 saturated heterocycles. The Labute approximate surface area is 115 Å². The van der Waals surface area contributed by atoms with Crippen LogP contribution in [0.5, 0.6) is 0 Å². The highest BCUT2D eigenvalue weighted by Gasteiger charge is 2.52. The van der Waals surface area contributed by atoms with Gasteiger partial charge in [-0.25, -0.2) is 0 Å². The third-order valence-electron chi connectivity index (χ3n) is 4.98. The van der Waals surface area contributed by atoms with E-state index in [4.69, 9.17) is 4.43 Å². The van der Waals surface area contributed by atoms with Crippen LogP contribution >= 0.6 is 0 Å². The Bertz CT molecular complexity index is 384. The molecular weight excluding hydrogens is 260 g/mol. The Morgan fingerprint density at radius 3 is 2.56 bits per heavy atom. The van der Waals surface area contributed by atoms with E-state index in [0.717, 1.165) is 25.7 Å². The summed E-state index contributed by atoms with van der Waals surface area (Å²) in [5.74, 6) is 0. The molecule has 1 spiro atoms. The van der Waals surface area contributed by atoms with Gasteiger partial charge in [-0.1, -0.05) is 26.8 Å². The van der Waals surface area contributed by atoms with Crippen molar-refractivity contribution in [3.8, 4) is 0 Å². The maximum Gasteiger partial charge on any atom is 0.192 e. The van der Waals surface area contributed by atoms with Crippen LogP contribution in [-0.2, 0) is 15.2 Å². The molecule has 0 N–H and O–H groups in total. The largest absolute Gasteiger partial charge is 0.412 e. The second-order valence-corrected chi connectivity index (χ2v) is 13.6. The van der Waals surface area contributed by atoms with Crippen molar-refractivity contribution in [2.45, 2.75) is 75.4 Å². The van der Waals surface area contributed by atoms with Crippen LogP contribution in [-0.4, -0.2) is 23.4 Å². The Kier molecular flexibility index (Phi) is 3.67. The second kappa shape index (κ2) is 4.56. The monoisotopic (exact) mass is 286 g/mol. The van der Waals surface area contributed by atoms with E-state index in [1.807, 2.05) is 5.41 Å². The van der Waals surface area contributed by atoms with Crippen molar-refractivity contribution >= 4 is 19.1 Å². The molecule has 0 aromatic rings. The Balaban J connectivity index is 2.17. The fourth-order valence-electron chi connectivity index (χ4n) is 2.73. The molecule has 2 aliphatic rings. The molecule has 0 bridgehead atoms. The van der Waals surface area contributed by atoms with E-state index in [-0.39, 0.29) is 15.9 Å². The molecule has 3 atom stereocenters. The van der Waals surface area contributed by atoms with Gasteiger partial charge < -0.3 is 4.43 Å². The first-order valence-corrected chi connectivity index (χ1v) is 11.1. The third-order valence-corrected chi connectivity index (χ3v) is 11.3. The predicted octanol–water partition coefficient (Wildman–Crippen LogP) is 3.97. The summed E-state index contributed by atoms with van der Waals surface area (Å²) in [7, 11) is -2.59. The summed E-state index contributed by atoms with van der Waals surface area (Å²) < 4.78 is 18.8. The fourth-order valence-corrected chi connectivity index (χ4v) is 5.79. The minimum atomic E-state index is -1.76. The van der Waals surface area contributed by atoms with Crippen LogP contribution < -0.4 is 0 Å². The van der Waals surface area contributed by atoms with Gasteiger partial charge in [0, 0.05) is 0 Å². The third kappa shape index (κ3) is 2.27. The van der Waals surface area contributed by atoms with Crippen LogP contribution in [0.25, 0.3) is 0 Å². The summed E-state index contributed by atoms with van der Waals surface area (Å²) in [6, 6.07) is 0. The van der Waals surface area contributed by atoms with Crippen LogP contribution in [0.4, 0.5) is 0 Å². The zero-order valence-electron chi connectivity index (χ0n) is 12.3. The highest BCUT2D eigenvalue weighted by atomic mass is 32.2. The number of rotatable bonds is 2. The molecule has 1 aliphatic carbocycles. The Hall–Kier alpha value is 0.0669. The van der Waals surface area contributed by atoms with Crippen LogP contribution in [0.2, 0.25) is 18.1 Å². The zero-order valence-corrected chi connectivity index (χ0v) is 14.1. The van der Waals surface area contributed by atoms with Gasteiger partial charge in [0.05, 0.1) is 21.7 Å². The minimum Gasteiger partial charge on any atom is -0.412 e. The van der Waals surface area contributed by atoms with Crippen LogP contribution in [0.1, 0.15) is 46.5 Å². The quantitative estimate of drug-likeness (QED) is 0.718. The van der Waals surface area contributed by atoms with Gasteiger partial charge in [-0.15, -0.1) is 0 Å². The van der Waals surface area contributed by atoms with Gasteiger partial charge in [-0.05, 0) is 49.2 Å². The highest BCUT2D eigenvalue weighted by molar-refractivity contribution is 7.89. The van der Waals surface area contributed by atoms with E-state index in [1.54, 1.807) is 0 Å². The average Bonchev–Trinajstić information content (AvgIpc) is 2.76. The SMILES string of the molecule is CC(C)(C)[Si](C)(C)O[C@@H]1CCCC12CC=CS2=O. The molecule has 0 aromatic carbocycles. The van der Waals surface area contributed by atoms with E-state index >= 15 is 0 Å². The van der Waals surface area contributed by atoms with Gasteiger partial charge >= 0.3 is 0 Å². The lowest BCUT2D eigenvalue weighted by molar-refractivity contribution is 0.157. The highest BCUT2D eigenvalue weighted by Crippen LogP contribution is 2.47. The van der Waals surface area contributed by atoms with Gasteiger partial charge in [-0.2, -0.15) is 0 Å². The summed E-state index contributed by atoms with van der Waals surface area (Å²) in [4.78, 5) is 0. The van der Waals surface area contributed by atoms with E-state index in [2.05, 4.69) is 39.9 Å². The predicted molar refractivity (Wildman–Crippen MR) is 80.6 cm³/mol. The Morgan fingerprint density at radius 1 is 1.39 bits per heavy atom. The van der Waals surface area contributed by atoms with Gasteiger partial charge in [-0.3, -0.25) is 4.21 Å². The molecule has 1 saturated carbocycles. The lowest BCUT2D eigenvalue weighted by Gasteiger charge is -2.42. The molecule has 1 aliphatic heterocycles. The summed E-state index contributed by atoms with van der Waals surface area (Å²) in [5.41, 5.74) is 0. The molecule has 1 heterocycles. The van der Waals surface area contributed by atoms with Crippen LogP contribution in [0.3, 0.4) is 0 Å². The van der Waals surface area contributed by atoms with Crippen LogP contribution in [0.15, 0.2) is 11.5 Å². The molecule has 2 unspecified atom stereocenters.